The van der Waals surface area contributed by atoms with Crippen molar-refractivity contribution < 1.29 is 13.2 Å². The molecule has 7 nitrogen and oxygen atoms in total. The number of hydrogen-bond acceptors (Lipinski definition) is 5. The number of aromatic nitrogens is 3. The van der Waals surface area contributed by atoms with Crippen molar-refractivity contribution in [3.05, 3.63) is 66.2 Å². The van der Waals surface area contributed by atoms with Crippen LogP contribution in [0.25, 0.3) is 11.1 Å². The number of nitrogens with zero attached hydrogens (tertiary/aromatic N) is 3. The minimum atomic E-state index is -3.23. The summed E-state index contributed by atoms with van der Waals surface area (Å²) in [6, 6.07) is 10.4. The van der Waals surface area contributed by atoms with Gasteiger partial charge in [-0.3, -0.25) is 14.5 Å². The molecule has 0 saturated heterocycles. The topological polar surface area (TPSA) is 94.0 Å². The quantitative estimate of drug-likeness (QED) is 0.600. The second kappa shape index (κ2) is 8.39. The second-order valence-electron chi connectivity index (χ2n) is 7.62. The first kappa shape index (κ1) is 20.3. The molecule has 2 aromatic heterocycles. The molecule has 4 rings (SSSR count). The average molecular weight is 425 g/mol. The predicted octanol–water partition coefficient (Wildman–Crippen LogP) is 2.58. The molecule has 3 aromatic rings. The van der Waals surface area contributed by atoms with Crippen molar-refractivity contribution in [3.63, 3.8) is 0 Å². The van der Waals surface area contributed by atoms with Gasteiger partial charge >= 0.3 is 0 Å². The summed E-state index contributed by atoms with van der Waals surface area (Å²) in [5, 5.41) is 7.49. The molecule has 0 aliphatic heterocycles. The molecule has 1 aliphatic rings. The highest BCUT2D eigenvalue weighted by Gasteiger charge is 2.30. The number of carbonyl (C=O) groups excluding carboxylic acids is 1. The van der Waals surface area contributed by atoms with Gasteiger partial charge in [-0.1, -0.05) is 12.1 Å². The summed E-state index contributed by atoms with van der Waals surface area (Å²) in [6.45, 7) is 1.09. The van der Waals surface area contributed by atoms with Gasteiger partial charge in [-0.15, -0.1) is 0 Å². The minimum Gasteiger partial charge on any atom is -0.354 e. The summed E-state index contributed by atoms with van der Waals surface area (Å²) in [6.07, 6.45) is 9.17. The molecule has 1 saturated carbocycles. The van der Waals surface area contributed by atoms with Crippen molar-refractivity contribution in [3.8, 4) is 11.1 Å². The third-order valence-corrected chi connectivity index (χ3v) is 6.33. The van der Waals surface area contributed by atoms with Crippen molar-refractivity contribution in [2.75, 3.05) is 12.8 Å². The fraction of sp³-hybridized carbons (Fsp3) is 0.318. The molecule has 2 heterocycles. The lowest BCUT2D eigenvalue weighted by molar-refractivity contribution is -0.120. The maximum absolute atomic E-state index is 12.3. The van der Waals surface area contributed by atoms with Crippen LogP contribution in [-0.2, 0) is 27.6 Å². The average Bonchev–Trinajstić information content (AvgIpc) is 3.48. The van der Waals surface area contributed by atoms with Gasteiger partial charge in [0.15, 0.2) is 9.84 Å². The molecular formula is C22H24N4O3S. The van der Waals surface area contributed by atoms with Crippen molar-refractivity contribution in [1.29, 1.82) is 0 Å². The lowest BCUT2D eigenvalue weighted by atomic mass is 10.1. The Labute approximate surface area is 176 Å². The van der Waals surface area contributed by atoms with Gasteiger partial charge in [-0.2, -0.15) is 5.10 Å². The number of carbonyl (C=O) groups is 1. The van der Waals surface area contributed by atoms with Gasteiger partial charge in [0.25, 0.3) is 0 Å². The number of nitrogens with one attached hydrogen (secondary N) is 1. The van der Waals surface area contributed by atoms with Gasteiger partial charge < -0.3 is 5.32 Å². The molecule has 156 valence electrons. The fourth-order valence-electron chi connectivity index (χ4n) is 3.52. The smallest absolute Gasteiger partial charge is 0.224 e. The van der Waals surface area contributed by atoms with Crippen molar-refractivity contribution in [2.45, 2.75) is 36.6 Å². The van der Waals surface area contributed by atoms with E-state index in [1.165, 1.54) is 36.9 Å². The van der Waals surface area contributed by atoms with Crippen LogP contribution in [0.2, 0.25) is 0 Å². The van der Waals surface area contributed by atoms with E-state index in [1.807, 2.05) is 23.0 Å². The zero-order valence-corrected chi connectivity index (χ0v) is 17.6. The number of sulfone groups is 1. The van der Waals surface area contributed by atoms with Crippen molar-refractivity contribution >= 4 is 15.7 Å². The Bertz CT molecular complexity index is 1130. The van der Waals surface area contributed by atoms with E-state index >= 15 is 0 Å². The molecule has 1 aliphatic carbocycles. The summed E-state index contributed by atoms with van der Waals surface area (Å²) in [7, 11) is -3.23. The van der Waals surface area contributed by atoms with Gasteiger partial charge in [0.05, 0.1) is 24.1 Å². The van der Waals surface area contributed by atoms with Gasteiger partial charge in [0, 0.05) is 42.4 Å². The van der Waals surface area contributed by atoms with E-state index < -0.39 is 9.84 Å². The SMILES string of the molecule is CS(=O)(=O)c1ccc(CC(=O)NCCn2ncc(-c3ccncc3)c2C2CC2)cc1. The Kier molecular flexibility index (Phi) is 5.67. The minimum absolute atomic E-state index is 0.100. The molecule has 0 bridgehead atoms. The largest absolute Gasteiger partial charge is 0.354 e. The molecular weight excluding hydrogens is 400 g/mol. The van der Waals surface area contributed by atoms with E-state index in [1.54, 1.807) is 24.5 Å². The van der Waals surface area contributed by atoms with E-state index in [4.69, 9.17) is 0 Å². The van der Waals surface area contributed by atoms with Crippen molar-refractivity contribution in [2.24, 2.45) is 0 Å². The van der Waals surface area contributed by atoms with Gasteiger partial charge in [-0.25, -0.2) is 8.42 Å². The van der Waals surface area contributed by atoms with Crippen LogP contribution in [0.1, 0.15) is 30.0 Å². The molecule has 1 amide bonds. The van der Waals surface area contributed by atoms with Crippen LogP contribution < -0.4 is 5.32 Å². The zero-order chi connectivity index (χ0) is 21.1. The number of hydrogen-bond donors (Lipinski definition) is 1. The molecule has 30 heavy (non-hydrogen) atoms. The predicted molar refractivity (Wildman–Crippen MR) is 114 cm³/mol. The molecule has 1 fully saturated rings. The van der Waals surface area contributed by atoms with E-state index in [-0.39, 0.29) is 17.2 Å². The standard InChI is InChI=1S/C22H24N4O3S/c1-30(28,29)19-6-2-16(3-7-19)14-21(27)24-12-13-26-22(18-4-5-18)20(15-25-26)17-8-10-23-11-9-17/h2-3,6-11,15,18H,4-5,12-14H2,1H3,(H,24,27). The molecule has 0 atom stereocenters. The summed E-state index contributed by atoms with van der Waals surface area (Å²) in [4.78, 5) is 16.6. The summed E-state index contributed by atoms with van der Waals surface area (Å²) in [5.41, 5.74) is 4.25. The highest BCUT2D eigenvalue weighted by Crippen LogP contribution is 2.44. The van der Waals surface area contributed by atoms with Crippen molar-refractivity contribution in [1.82, 2.24) is 20.1 Å². The molecule has 0 unspecified atom stereocenters. The highest BCUT2D eigenvalue weighted by atomic mass is 32.2. The normalized spacial score (nSPS) is 13.9. The summed E-state index contributed by atoms with van der Waals surface area (Å²) >= 11 is 0. The third kappa shape index (κ3) is 4.76. The Balaban J connectivity index is 1.35. The first-order valence-corrected chi connectivity index (χ1v) is 11.8. The van der Waals surface area contributed by atoms with E-state index in [0.717, 1.165) is 16.7 Å². The Morgan fingerprint density at radius 2 is 1.83 bits per heavy atom. The molecule has 0 spiro atoms. The fourth-order valence-corrected chi connectivity index (χ4v) is 4.15. The Hall–Kier alpha value is -3.00. The van der Waals surface area contributed by atoms with E-state index in [2.05, 4.69) is 15.4 Å². The number of rotatable bonds is 8. The summed E-state index contributed by atoms with van der Waals surface area (Å²) < 4.78 is 25.0. The van der Waals surface area contributed by atoms with Gasteiger partial charge in [0.2, 0.25) is 5.91 Å². The van der Waals surface area contributed by atoms with E-state index in [9.17, 15) is 13.2 Å². The van der Waals surface area contributed by atoms with Crippen LogP contribution in [0, 0.1) is 0 Å². The monoisotopic (exact) mass is 424 g/mol. The zero-order valence-electron chi connectivity index (χ0n) is 16.8. The van der Waals surface area contributed by atoms with Crippen LogP contribution in [0.15, 0.2) is 59.9 Å². The number of benzene rings is 1. The number of pyridine rings is 1. The second-order valence-corrected chi connectivity index (χ2v) is 9.64. The van der Waals surface area contributed by atoms with Crippen LogP contribution in [-0.4, -0.2) is 41.9 Å². The first-order chi connectivity index (χ1) is 14.4. The lowest BCUT2D eigenvalue weighted by Gasteiger charge is -2.10. The Morgan fingerprint density at radius 1 is 1.13 bits per heavy atom. The van der Waals surface area contributed by atoms with Crippen LogP contribution in [0.5, 0.6) is 0 Å². The van der Waals surface area contributed by atoms with Crippen LogP contribution in [0.4, 0.5) is 0 Å². The Morgan fingerprint density at radius 3 is 2.47 bits per heavy atom. The van der Waals surface area contributed by atoms with Gasteiger partial charge in [0.1, 0.15) is 0 Å². The van der Waals surface area contributed by atoms with E-state index in [0.29, 0.717) is 19.0 Å². The molecule has 1 N–H and O–H groups in total. The third-order valence-electron chi connectivity index (χ3n) is 5.20. The molecule has 1 aromatic carbocycles. The maximum atomic E-state index is 12.3. The van der Waals surface area contributed by atoms with Gasteiger partial charge in [-0.05, 0) is 48.2 Å². The summed E-state index contributed by atoms with van der Waals surface area (Å²) in [5.74, 6) is 0.427. The maximum Gasteiger partial charge on any atom is 0.224 e. The highest BCUT2D eigenvalue weighted by molar-refractivity contribution is 7.90. The molecule has 0 radical (unpaired) electrons. The van der Waals surface area contributed by atoms with Crippen LogP contribution in [0.3, 0.4) is 0 Å². The molecule has 8 heteroatoms. The lowest BCUT2D eigenvalue weighted by Crippen LogP contribution is -2.29. The number of amides is 1. The van der Waals surface area contributed by atoms with Crippen LogP contribution >= 0.6 is 0 Å². The first-order valence-electron chi connectivity index (χ1n) is 9.93.